The minimum absolute atomic E-state index is 0.264. The highest BCUT2D eigenvalue weighted by Gasteiger charge is 2.13. The minimum atomic E-state index is -0.264. The Hall–Kier alpha value is -2.60. The average molecular weight is 380 g/mol. The molecule has 2 heterocycles. The molecule has 27 heavy (non-hydrogen) atoms. The maximum Gasteiger partial charge on any atom is 0.199 e. The van der Waals surface area contributed by atoms with Crippen LogP contribution in [0.5, 0.6) is 0 Å². The maximum atomic E-state index is 13.8. The lowest BCUT2D eigenvalue weighted by Crippen LogP contribution is -2.28. The van der Waals surface area contributed by atoms with Crippen molar-refractivity contribution in [1.82, 2.24) is 9.55 Å². The molecule has 138 valence electrons. The van der Waals surface area contributed by atoms with Crippen LogP contribution in [0.4, 0.5) is 10.1 Å². The zero-order valence-corrected chi connectivity index (χ0v) is 16.0. The molecule has 0 unspecified atom stereocenters. The molecule has 0 aliphatic carbocycles. The van der Waals surface area contributed by atoms with E-state index in [0.717, 1.165) is 48.0 Å². The van der Waals surface area contributed by atoms with Crippen molar-refractivity contribution in [3.63, 3.8) is 0 Å². The van der Waals surface area contributed by atoms with Gasteiger partial charge in [-0.25, -0.2) is 14.4 Å². The van der Waals surface area contributed by atoms with E-state index < -0.39 is 0 Å². The molecule has 4 rings (SSSR count). The Balaban J connectivity index is 1.80. The second-order valence-electron chi connectivity index (χ2n) is 6.84. The Morgan fingerprint density at radius 3 is 2.89 bits per heavy atom. The summed E-state index contributed by atoms with van der Waals surface area (Å²) in [5, 5.41) is 4.32. The van der Waals surface area contributed by atoms with Crippen molar-refractivity contribution in [1.29, 1.82) is 0 Å². The smallest absolute Gasteiger partial charge is 0.199 e. The fourth-order valence-corrected chi connectivity index (χ4v) is 3.63. The Morgan fingerprint density at radius 1 is 1.19 bits per heavy atom. The first-order valence-electron chi connectivity index (χ1n) is 9.22. The van der Waals surface area contributed by atoms with Gasteiger partial charge in [-0.3, -0.25) is 0 Å². The molecule has 0 saturated heterocycles. The van der Waals surface area contributed by atoms with E-state index in [1.165, 1.54) is 12.5 Å². The van der Waals surface area contributed by atoms with Crippen LogP contribution in [0.25, 0.3) is 10.9 Å². The third-order valence-electron chi connectivity index (χ3n) is 4.87. The van der Waals surface area contributed by atoms with E-state index in [2.05, 4.69) is 9.88 Å². The SMILES string of the molecule is Cc1ccc(NC(=S)N=c2c3ccccc3nc3n2CCCCC3)cc1F. The van der Waals surface area contributed by atoms with E-state index in [4.69, 9.17) is 22.2 Å². The van der Waals surface area contributed by atoms with Gasteiger partial charge < -0.3 is 9.88 Å². The molecule has 6 heteroatoms. The van der Waals surface area contributed by atoms with Crippen LogP contribution in [0.15, 0.2) is 47.5 Å². The van der Waals surface area contributed by atoms with E-state index in [9.17, 15) is 4.39 Å². The lowest BCUT2D eigenvalue weighted by molar-refractivity contribution is 0.608. The van der Waals surface area contributed by atoms with Crippen molar-refractivity contribution in [2.45, 2.75) is 39.2 Å². The molecule has 0 spiro atoms. The number of halogens is 1. The van der Waals surface area contributed by atoms with E-state index in [0.29, 0.717) is 16.4 Å². The molecule has 1 aliphatic rings. The zero-order valence-electron chi connectivity index (χ0n) is 15.2. The van der Waals surface area contributed by atoms with Crippen LogP contribution >= 0.6 is 12.2 Å². The number of para-hydroxylation sites is 1. The van der Waals surface area contributed by atoms with Gasteiger partial charge in [-0.2, -0.15) is 0 Å². The van der Waals surface area contributed by atoms with Crippen LogP contribution in [0, 0.1) is 12.7 Å². The van der Waals surface area contributed by atoms with Crippen LogP contribution in [-0.2, 0) is 13.0 Å². The second kappa shape index (κ2) is 7.56. The van der Waals surface area contributed by atoms with Crippen molar-refractivity contribution in [2.24, 2.45) is 4.99 Å². The number of nitrogens with one attached hydrogen (secondary N) is 1. The Kier molecular flexibility index (Phi) is 4.99. The fraction of sp³-hybridized carbons (Fsp3) is 0.286. The zero-order chi connectivity index (χ0) is 18.8. The van der Waals surface area contributed by atoms with Crippen molar-refractivity contribution in [3.8, 4) is 0 Å². The number of aryl methyl sites for hydroxylation is 2. The third-order valence-corrected chi connectivity index (χ3v) is 5.07. The van der Waals surface area contributed by atoms with Crippen molar-refractivity contribution in [3.05, 3.63) is 65.2 Å². The lowest BCUT2D eigenvalue weighted by atomic mass is 10.2. The first-order chi connectivity index (χ1) is 13.1. The molecule has 0 saturated carbocycles. The number of fused-ring (bicyclic) bond motifs is 2. The van der Waals surface area contributed by atoms with Gasteiger partial charge in [0.05, 0.1) is 5.52 Å². The topological polar surface area (TPSA) is 42.2 Å². The highest BCUT2D eigenvalue weighted by molar-refractivity contribution is 7.80. The summed E-state index contributed by atoms with van der Waals surface area (Å²) < 4.78 is 16.0. The monoisotopic (exact) mass is 380 g/mol. The van der Waals surface area contributed by atoms with Crippen LogP contribution < -0.4 is 10.8 Å². The summed E-state index contributed by atoms with van der Waals surface area (Å²) in [4.78, 5) is 9.55. The highest BCUT2D eigenvalue weighted by Crippen LogP contribution is 2.16. The van der Waals surface area contributed by atoms with Gasteiger partial charge in [-0.1, -0.05) is 24.6 Å². The standard InChI is InChI=1S/C21H21FN4S/c1-14-10-11-15(13-17(14)22)23-21(27)25-20-16-7-4-5-8-18(16)24-19-9-3-2-6-12-26(19)20/h4-5,7-8,10-11,13H,2-3,6,9,12H2,1H3,(H,23,27). The van der Waals surface area contributed by atoms with E-state index >= 15 is 0 Å². The molecule has 0 atom stereocenters. The molecule has 0 radical (unpaired) electrons. The predicted molar refractivity (Wildman–Crippen MR) is 110 cm³/mol. The van der Waals surface area contributed by atoms with Crippen molar-refractivity contribution in [2.75, 3.05) is 5.32 Å². The summed E-state index contributed by atoms with van der Waals surface area (Å²) in [5.74, 6) is 0.787. The summed E-state index contributed by atoms with van der Waals surface area (Å²) in [6.07, 6.45) is 4.36. The number of aromatic nitrogens is 2. The summed E-state index contributed by atoms with van der Waals surface area (Å²) in [6, 6.07) is 13.0. The molecule has 0 amide bonds. The Morgan fingerprint density at radius 2 is 2.04 bits per heavy atom. The molecular weight excluding hydrogens is 359 g/mol. The van der Waals surface area contributed by atoms with Crippen LogP contribution in [-0.4, -0.2) is 14.7 Å². The molecular formula is C21H21FN4S. The summed E-state index contributed by atoms with van der Waals surface area (Å²) >= 11 is 5.46. The third kappa shape index (κ3) is 3.76. The molecule has 2 aromatic carbocycles. The largest absolute Gasteiger partial charge is 0.331 e. The van der Waals surface area contributed by atoms with Crippen molar-refractivity contribution >= 4 is 33.9 Å². The van der Waals surface area contributed by atoms with Gasteiger partial charge in [-0.15, -0.1) is 0 Å². The van der Waals surface area contributed by atoms with E-state index in [-0.39, 0.29) is 5.82 Å². The summed E-state index contributed by atoms with van der Waals surface area (Å²) in [6.45, 7) is 2.62. The number of thiocarbonyl (C=S) groups is 1. The predicted octanol–water partition coefficient (Wildman–Crippen LogP) is 4.51. The molecule has 0 bridgehead atoms. The van der Waals surface area contributed by atoms with Gasteiger partial charge in [0.1, 0.15) is 17.1 Å². The molecule has 1 aromatic heterocycles. The molecule has 4 nitrogen and oxygen atoms in total. The van der Waals surface area contributed by atoms with Crippen molar-refractivity contribution < 1.29 is 4.39 Å². The molecule has 3 aromatic rings. The minimum Gasteiger partial charge on any atom is -0.331 e. The average Bonchev–Trinajstić information content (AvgIpc) is 2.90. The first kappa shape index (κ1) is 17.8. The second-order valence-corrected chi connectivity index (χ2v) is 7.22. The normalized spacial score (nSPS) is 14.7. The van der Waals surface area contributed by atoms with E-state index in [1.54, 1.807) is 19.1 Å². The molecule has 1 N–H and O–H groups in total. The highest BCUT2D eigenvalue weighted by atomic mass is 32.1. The number of benzene rings is 2. The number of anilines is 1. The van der Waals surface area contributed by atoms with Gasteiger partial charge in [0.15, 0.2) is 5.11 Å². The maximum absolute atomic E-state index is 13.8. The van der Waals surface area contributed by atoms with Gasteiger partial charge in [0.25, 0.3) is 0 Å². The number of nitrogens with zero attached hydrogens (tertiary/aromatic N) is 3. The fourth-order valence-electron chi connectivity index (χ4n) is 3.42. The quantitative estimate of drug-likeness (QED) is 0.632. The van der Waals surface area contributed by atoms with Crippen LogP contribution in [0.1, 0.15) is 30.7 Å². The number of hydrogen-bond acceptors (Lipinski definition) is 2. The Bertz CT molecular complexity index is 1090. The number of hydrogen-bond donors (Lipinski definition) is 1. The van der Waals surface area contributed by atoms with Gasteiger partial charge in [-0.05, 0) is 61.8 Å². The number of rotatable bonds is 1. The Labute approximate surface area is 162 Å². The molecule has 1 aliphatic heterocycles. The first-order valence-corrected chi connectivity index (χ1v) is 9.63. The van der Waals surface area contributed by atoms with Gasteiger partial charge in [0.2, 0.25) is 0 Å². The van der Waals surface area contributed by atoms with Crippen LogP contribution in [0.3, 0.4) is 0 Å². The lowest BCUT2D eigenvalue weighted by Gasteiger charge is -2.13. The van der Waals surface area contributed by atoms with Gasteiger partial charge >= 0.3 is 0 Å². The van der Waals surface area contributed by atoms with Gasteiger partial charge in [0, 0.05) is 24.0 Å². The molecule has 0 fully saturated rings. The summed E-state index contributed by atoms with van der Waals surface area (Å²) in [5.41, 5.74) is 2.95. The summed E-state index contributed by atoms with van der Waals surface area (Å²) in [7, 11) is 0. The van der Waals surface area contributed by atoms with E-state index in [1.807, 2.05) is 24.3 Å². The van der Waals surface area contributed by atoms with Crippen LogP contribution in [0.2, 0.25) is 0 Å².